The molecular formula is C7H6O3. The molecule has 0 saturated carbocycles. The minimum absolute atomic E-state index is 0.104. The Morgan fingerprint density at radius 3 is 2.80 bits per heavy atom. The van der Waals surface area contributed by atoms with Crippen molar-refractivity contribution in [1.29, 1.82) is 0 Å². The highest BCUT2D eigenvalue weighted by Gasteiger charge is 2.00. The fourth-order valence-electron chi connectivity index (χ4n) is 0.620. The van der Waals surface area contributed by atoms with Crippen LogP contribution in [0.3, 0.4) is 0 Å². The van der Waals surface area contributed by atoms with Crippen molar-refractivity contribution in [1.82, 2.24) is 0 Å². The van der Waals surface area contributed by atoms with Crippen LogP contribution in [-0.2, 0) is 0 Å². The van der Waals surface area contributed by atoms with E-state index in [1.807, 2.05) is 0 Å². The Hall–Kier alpha value is -1.38. The van der Waals surface area contributed by atoms with E-state index in [-0.39, 0.29) is 11.2 Å². The van der Waals surface area contributed by atoms with Gasteiger partial charge in [-0.15, -0.1) is 0 Å². The molecule has 0 fully saturated rings. The molecule has 52 valence electrons. The van der Waals surface area contributed by atoms with Gasteiger partial charge in [-0.2, -0.15) is 0 Å². The molecule has 0 aliphatic heterocycles. The molecule has 1 heterocycles. The molecular weight excluding hydrogens is 132 g/mol. The lowest BCUT2D eigenvalue weighted by atomic mass is 10.2. The van der Waals surface area contributed by atoms with Gasteiger partial charge in [-0.1, -0.05) is 0 Å². The first-order valence-corrected chi connectivity index (χ1v) is 2.79. The van der Waals surface area contributed by atoms with Crippen molar-refractivity contribution in [2.75, 3.05) is 0 Å². The number of hydrogen-bond acceptors (Lipinski definition) is 3. The molecule has 3 nitrogen and oxygen atoms in total. The van der Waals surface area contributed by atoms with Crippen LogP contribution < -0.4 is 5.43 Å². The number of aldehydes is 1. The van der Waals surface area contributed by atoms with Crippen molar-refractivity contribution in [2.45, 2.75) is 6.92 Å². The van der Waals surface area contributed by atoms with Crippen molar-refractivity contribution in [3.05, 3.63) is 33.9 Å². The lowest BCUT2D eigenvalue weighted by Crippen LogP contribution is -2.05. The zero-order chi connectivity index (χ0) is 7.56. The largest absolute Gasteiger partial charge is 0.461 e. The third-order valence-corrected chi connectivity index (χ3v) is 1.26. The second kappa shape index (κ2) is 2.47. The van der Waals surface area contributed by atoms with Gasteiger partial charge in [-0.05, 0) is 6.92 Å². The van der Waals surface area contributed by atoms with Gasteiger partial charge in [0.25, 0.3) is 0 Å². The summed E-state index contributed by atoms with van der Waals surface area (Å²) in [5.74, 6) is 0.104. The summed E-state index contributed by atoms with van der Waals surface area (Å²) in [5.41, 5.74) is 0.186. The van der Waals surface area contributed by atoms with E-state index in [4.69, 9.17) is 4.42 Å². The predicted octanol–water partition coefficient (Wildman–Crippen LogP) is 0.761. The summed E-state index contributed by atoms with van der Waals surface area (Å²) >= 11 is 0. The molecule has 1 aromatic rings. The average molecular weight is 138 g/mol. The van der Waals surface area contributed by atoms with E-state index in [1.54, 1.807) is 6.92 Å². The van der Waals surface area contributed by atoms with Crippen molar-refractivity contribution < 1.29 is 9.21 Å². The molecule has 1 aromatic heterocycles. The Morgan fingerprint density at radius 1 is 1.60 bits per heavy atom. The summed E-state index contributed by atoms with van der Waals surface area (Å²) in [5, 5.41) is 0. The van der Waals surface area contributed by atoms with Gasteiger partial charge in [0.1, 0.15) is 0 Å². The Bertz CT molecular complexity index is 298. The third-order valence-electron chi connectivity index (χ3n) is 1.26. The monoisotopic (exact) mass is 138 g/mol. The smallest absolute Gasteiger partial charge is 0.188 e. The highest BCUT2D eigenvalue weighted by atomic mass is 16.3. The zero-order valence-electron chi connectivity index (χ0n) is 5.46. The van der Waals surface area contributed by atoms with E-state index < -0.39 is 0 Å². The fourth-order valence-corrected chi connectivity index (χ4v) is 0.620. The van der Waals surface area contributed by atoms with Crippen LogP contribution in [0.2, 0.25) is 0 Å². The molecule has 0 N–H and O–H groups in total. The minimum atomic E-state index is -0.173. The molecule has 0 spiro atoms. The van der Waals surface area contributed by atoms with E-state index >= 15 is 0 Å². The molecule has 0 unspecified atom stereocenters. The Labute approximate surface area is 57.3 Å². The molecule has 10 heavy (non-hydrogen) atoms. The van der Waals surface area contributed by atoms with Crippen LogP contribution in [-0.4, -0.2) is 6.29 Å². The molecule has 0 aliphatic carbocycles. The van der Waals surface area contributed by atoms with Gasteiger partial charge < -0.3 is 4.42 Å². The molecule has 0 bridgehead atoms. The zero-order valence-corrected chi connectivity index (χ0v) is 5.46. The highest BCUT2D eigenvalue weighted by molar-refractivity contribution is 5.72. The van der Waals surface area contributed by atoms with Crippen molar-refractivity contribution in [2.24, 2.45) is 0 Å². The van der Waals surface area contributed by atoms with Gasteiger partial charge in [0.15, 0.2) is 17.5 Å². The molecule has 0 atom stereocenters. The summed E-state index contributed by atoms with van der Waals surface area (Å²) in [7, 11) is 0. The van der Waals surface area contributed by atoms with Crippen LogP contribution in [0.5, 0.6) is 0 Å². The van der Waals surface area contributed by atoms with Gasteiger partial charge in [-0.3, -0.25) is 9.59 Å². The SMILES string of the molecule is Cc1c(C=O)occc1=O. The lowest BCUT2D eigenvalue weighted by molar-refractivity contribution is 0.109. The van der Waals surface area contributed by atoms with E-state index in [0.29, 0.717) is 11.8 Å². The van der Waals surface area contributed by atoms with Gasteiger partial charge in [0.2, 0.25) is 0 Å². The van der Waals surface area contributed by atoms with Crippen LogP contribution in [0.25, 0.3) is 0 Å². The number of hydrogen-bond donors (Lipinski definition) is 0. The van der Waals surface area contributed by atoms with Gasteiger partial charge >= 0.3 is 0 Å². The second-order valence-corrected chi connectivity index (χ2v) is 1.89. The standard InChI is InChI=1S/C7H6O3/c1-5-6(9)2-3-10-7(5)4-8/h2-4H,1H3. The summed E-state index contributed by atoms with van der Waals surface area (Å²) in [6.07, 6.45) is 1.73. The van der Waals surface area contributed by atoms with Crippen LogP contribution in [0, 0.1) is 6.92 Å². The highest BCUT2D eigenvalue weighted by Crippen LogP contribution is 1.96. The maximum atomic E-state index is 10.8. The Morgan fingerprint density at radius 2 is 2.30 bits per heavy atom. The number of rotatable bonds is 1. The first kappa shape index (κ1) is 6.74. The van der Waals surface area contributed by atoms with E-state index in [9.17, 15) is 9.59 Å². The molecule has 3 heteroatoms. The molecule has 0 radical (unpaired) electrons. The van der Waals surface area contributed by atoms with Crippen LogP contribution in [0.15, 0.2) is 21.5 Å². The van der Waals surface area contributed by atoms with Crippen LogP contribution >= 0.6 is 0 Å². The van der Waals surface area contributed by atoms with E-state index in [2.05, 4.69) is 0 Å². The van der Waals surface area contributed by atoms with E-state index in [0.717, 1.165) is 0 Å². The number of carbonyl (C=O) groups excluding carboxylic acids is 1. The second-order valence-electron chi connectivity index (χ2n) is 1.89. The van der Waals surface area contributed by atoms with E-state index in [1.165, 1.54) is 12.3 Å². The van der Waals surface area contributed by atoms with Gasteiger partial charge in [-0.25, -0.2) is 0 Å². The maximum absolute atomic E-state index is 10.8. The van der Waals surface area contributed by atoms with Crippen molar-refractivity contribution in [3.63, 3.8) is 0 Å². The molecule has 0 saturated heterocycles. The Kier molecular flexibility index (Phi) is 1.67. The molecule has 0 aromatic carbocycles. The maximum Gasteiger partial charge on any atom is 0.188 e. The summed E-state index contributed by atoms with van der Waals surface area (Å²) in [6.45, 7) is 1.55. The fraction of sp³-hybridized carbons (Fsp3) is 0.143. The van der Waals surface area contributed by atoms with Crippen LogP contribution in [0.4, 0.5) is 0 Å². The Balaban J connectivity index is 3.41. The van der Waals surface area contributed by atoms with Gasteiger partial charge in [0.05, 0.1) is 6.26 Å². The quantitative estimate of drug-likeness (QED) is 0.538. The average Bonchev–Trinajstić information content (AvgIpc) is 1.95. The van der Waals surface area contributed by atoms with Crippen molar-refractivity contribution in [3.8, 4) is 0 Å². The first-order valence-electron chi connectivity index (χ1n) is 2.79. The summed E-state index contributed by atoms with van der Waals surface area (Å²) in [4.78, 5) is 20.9. The topological polar surface area (TPSA) is 47.3 Å². The van der Waals surface area contributed by atoms with Gasteiger partial charge in [0, 0.05) is 11.6 Å². The number of carbonyl (C=O) groups is 1. The summed E-state index contributed by atoms with van der Waals surface area (Å²) in [6, 6.07) is 1.28. The summed E-state index contributed by atoms with van der Waals surface area (Å²) < 4.78 is 4.72. The minimum Gasteiger partial charge on any atom is -0.461 e. The normalized spacial score (nSPS) is 9.30. The molecule has 0 aliphatic rings. The molecule has 1 rings (SSSR count). The predicted molar refractivity (Wildman–Crippen MR) is 35.1 cm³/mol. The van der Waals surface area contributed by atoms with Crippen molar-refractivity contribution >= 4 is 6.29 Å². The first-order chi connectivity index (χ1) is 4.75. The molecule has 0 amide bonds. The van der Waals surface area contributed by atoms with Crippen LogP contribution in [0.1, 0.15) is 16.1 Å². The lowest BCUT2D eigenvalue weighted by Gasteiger charge is -1.91. The third kappa shape index (κ3) is 0.978.